The maximum absolute atomic E-state index is 6.11. The van der Waals surface area contributed by atoms with Crippen LogP contribution in [0.5, 0.6) is 5.75 Å². The van der Waals surface area contributed by atoms with Crippen molar-refractivity contribution in [3.8, 4) is 5.75 Å². The number of halogens is 1. The summed E-state index contributed by atoms with van der Waals surface area (Å²) >= 11 is 7.63. The number of hydrogen-bond acceptors (Lipinski definition) is 3. The second-order valence-corrected chi connectivity index (χ2v) is 5.53. The van der Waals surface area contributed by atoms with Gasteiger partial charge in [-0.3, -0.25) is 0 Å². The highest BCUT2D eigenvalue weighted by atomic mass is 35.5. The number of methoxy groups -OCH3 is 1. The molecule has 1 N–H and O–H groups in total. The first kappa shape index (κ1) is 17.7. The molecule has 0 saturated heterocycles. The summed E-state index contributed by atoms with van der Waals surface area (Å²) < 4.78 is 8.68. The first-order valence-electron chi connectivity index (χ1n) is 6.94. The average molecular weight is 324 g/mol. The number of benzene rings is 2. The maximum Gasteiger partial charge on any atom is 0.134 e. The first-order chi connectivity index (χ1) is 10.1. The lowest BCUT2D eigenvalue weighted by molar-refractivity contribution is 0.404. The van der Waals surface area contributed by atoms with E-state index < -0.39 is 0 Å². The Hall–Kier alpha value is -1.32. The van der Waals surface area contributed by atoms with Crippen LogP contribution >= 0.6 is 23.5 Å². The topological polar surface area (TPSA) is 21.3 Å². The molecule has 0 fully saturated rings. The fourth-order valence-electron chi connectivity index (χ4n) is 1.69. The highest BCUT2D eigenvalue weighted by molar-refractivity contribution is 8.00. The molecule has 0 aromatic heterocycles. The van der Waals surface area contributed by atoms with Gasteiger partial charge in [0.15, 0.2) is 0 Å². The van der Waals surface area contributed by atoms with Gasteiger partial charge in [-0.25, -0.2) is 0 Å². The van der Waals surface area contributed by atoms with Gasteiger partial charge in [0.2, 0.25) is 0 Å². The molecular weight excluding hydrogens is 302 g/mol. The molecule has 0 spiro atoms. The van der Waals surface area contributed by atoms with Crippen LogP contribution in [-0.4, -0.2) is 7.11 Å². The van der Waals surface area contributed by atoms with Crippen molar-refractivity contribution in [3.63, 3.8) is 0 Å². The molecule has 0 atom stereocenters. The monoisotopic (exact) mass is 323 g/mol. The van der Waals surface area contributed by atoms with Gasteiger partial charge < -0.3 is 9.46 Å². The smallest absolute Gasteiger partial charge is 0.134 e. The van der Waals surface area contributed by atoms with E-state index in [1.54, 1.807) is 7.11 Å². The SMILES string of the molecule is CC.COc1ccc(C)cc1SNc1cccc(Cl)c1C. The van der Waals surface area contributed by atoms with Crippen LogP contribution in [0, 0.1) is 13.8 Å². The predicted octanol–water partition coefficient (Wildman–Crippen LogP) is 6.11. The number of hydrogen-bond donors (Lipinski definition) is 1. The van der Waals surface area contributed by atoms with Crippen molar-refractivity contribution in [1.29, 1.82) is 0 Å². The van der Waals surface area contributed by atoms with Gasteiger partial charge in [0.05, 0.1) is 12.0 Å². The highest BCUT2D eigenvalue weighted by Crippen LogP contribution is 2.33. The van der Waals surface area contributed by atoms with Crippen LogP contribution in [0.15, 0.2) is 41.3 Å². The Balaban J connectivity index is 0.00000106. The van der Waals surface area contributed by atoms with Crippen molar-refractivity contribution in [3.05, 3.63) is 52.5 Å². The second kappa shape index (κ2) is 8.85. The summed E-state index contributed by atoms with van der Waals surface area (Å²) in [4.78, 5) is 1.06. The molecule has 0 saturated carbocycles. The Morgan fingerprint density at radius 1 is 1.10 bits per heavy atom. The summed E-state index contributed by atoms with van der Waals surface area (Å²) in [6, 6.07) is 11.9. The van der Waals surface area contributed by atoms with E-state index in [1.807, 2.05) is 51.1 Å². The summed E-state index contributed by atoms with van der Waals surface area (Å²) in [7, 11) is 1.68. The molecule has 2 nitrogen and oxygen atoms in total. The third kappa shape index (κ3) is 4.87. The zero-order valence-corrected chi connectivity index (χ0v) is 14.7. The summed E-state index contributed by atoms with van der Waals surface area (Å²) in [6.07, 6.45) is 0. The number of aryl methyl sites for hydroxylation is 1. The van der Waals surface area contributed by atoms with Crippen LogP contribution in [0.1, 0.15) is 25.0 Å². The molecule has 4 heteroatoms. The van der Waals surface area contributed by atoms with Gasteiger partial charge >= 0.3 is 0 Å². The summed E-state index contributed by atoms with van der Waals surface area (Å²) in [5.74, 6) is 0.864. The van der Waals surface area contributed by atoms with Gasteiger partial charge in [0.25, 0.3) is 0 Å². The molecule has 0 aliphatic rings. The third-order valence-electron chi connectivity index (χ3n) is 2.86. The van der Waals surface area contributed by atoms with Crippen molar-refractivity contribution < 1.29 is 4.74 Å². The molecule has 0 heterocycles. The minimum atomic E-state index is 0.766. The van der Waals surface area contributed by atoms with Crippen LogP contribution < -0.4 is 9.46 Å². The Morgan fingerprint density at radius 2 is 1.81 bits per heavy atom. The predicted molar refractivity (Wildman–Crippen MR) is 94.7 cm³/mol. The molecule has 0 unspecified atom stereocenters. The Morgan fingerprint density at radius 3 is 2.48 bits per heavy atom. The zero-order valence-electron chi connectivity index (χ0n) is 13.2. The molecule has 0 amide bonds. The average Bonchev–Trinajstić information content (AvgIpc) is 2.51. The van der Waals surface area contributed by atoms with E-state index >= 15 is 0 Å². The van der Waals surface area contributed by atoms with Gasteiger partial charge in [-0.1, -0.05) is 37.6 Å². The third-order valence-corrected chi connectivity index (χ3v) is 4.13. The normalized spacial score (nSPS) is 9.62. The van der Waals surface area contributed by atoms with E-state index in [2.05, 4.69) is 17.7 Å². The van der Waals surface area contributed by atoms with Gasteiger partial charge in [0.1, 0.15) is 5.75 Å². The number of ether oxygens (including phenoxy) is 1. The van der Waals surface area contributed by atoms with Crippen LogP contribution in [0.3, 0.4) is 0 Å². The van der Waals surface area contributed by atoms with Crippen molar-refractivity contribution in [2.75, 3.05) is 11.8 Å². The van der Waals surface area contributed by atoms with Crippen molar-refractivity contribution >= 4 is 29.2 Å². The summed E-state index contributed by atoms with van der Waals surface area (Å²) in [5.41, 5.74) is 3.26. The van der Waals surface area contributed by atoms with Crippen LogP contribution in [0.25, 0.3) is 0 Å². The van der Waals surface area contributed by atoms with E-state index in [1.165, 1.54) is 17.5 Å². The lowest BCUT2D eigenvalue weighted by atomic mass is 10.2. The minimum absolute atomic E-state index is 0.766. The van der Waals surface area contributed by atoms with Crippen molar-refractivity contribution in [2.45, 2.75) is 32.6 Å². The minimum Gasteiger partial charge on any atom is -0.496 e. The molecule has 2 aromatic rings. The Kier molecular flexibility index (Phi) is 7.48. The molecule has 21 heavy (non-hydrogen) atoms. The van der Waals surface area contributed by atoms with Crippen LogP contribution in [0.2, 0.25) is 5.02 Å². The molecule has 2 aromatic carbocycles. The lowest BCUT2D eigenvalue weighted by Crippen LogP contribution is -1.93. The largest absolute Gasteiger partial charge is 0.496 e. The van der Waals surface area contributed by atoms with Crippen LogP contribution in [-0.2, 0) is 0 Å². The summed E-state index contributed by atoms with van der Waals surface area (Å²) in [5, 5.41) is 0.766. The van der Waals surface area contributed by atoms with Gasteiger partial charge in [-0.2, -0.15) is 0 Å². The van der Waals surface area contributed by atoms with Crippen molar-refractivity contribution in [1.82, 2.24) is 0 Å². The van der Waals surface area contributed by atoms with E-state index in [-0.39, 0.29) is 0 Å². The Labute approximate surface area is 137 Å². The van der Waals surface area contributed by atoms with Crippen LogP contribution in [0.4, 0.5) is 5.69 Å². The molecule has 0 bridgehead atoms. The fraction of sp³-hybridized carbons (Fsp3) is 0.294. The maximum atomic E-state index is 6.11. The standard InChI is InChI=1S/C15H16ClNOS.C2H6/c1-10-7-8-14(18-3)15(9-10)19-17-13-6-4-5-12(16)11(13)2;1-2/h4-9,17H,1-3H3;1-2H3. The fourth-order valence-corrected chi connectivity index (χ4v) is 2.80. The molecular formula is C17H22ClNOS. The van der Waals surface area contributed by atoms with E-state index in [0.717, 1.165) is 26.9 Å². The number of rotatable bonds is 4. The molecule has 0 aliphatic heterocycles. The van der Waals surface area contributed by atoms with Gasteiger partial charge in [-0.05, 0) is 61.2 Å². The second-order valence-electron chi connectivity index (χ2n) is 4.27. The molecule has 114 valence electrons. The van der Waals surface area contributed by atoms with E-state index in [0.29, 0.717) is 0 Å². The summed E-state index contributed by atoms with van der Waals surface area (Å²) in [6.45, 7) is 8.06. The zero-order chi connectivity index (χ0) is 15.8. The molecule has 0 radical (unpaired) electrons. The Bertz CT molecular complexity index is 587. The number of nitrogens with one attached hydrogen (secondary N) is 1. The first-order valence-corrected chi connectivity index (χ1v) is 8.14. The van der Waals surface area contributed by atoms with E-state index in [4.69, 9.17) is 16.3 Å². The van der Waals surface area contributed by atoms with Gasteiger partial charge in [-0.15, -0.1) is 0 Å². The quantitative estimate of drug-likeness (QED) is 0.686. The molecule has 2 rings (SSSR count). The molecule has 0 aliphatic carbocycles. The van der Waals surface area contributed by atoms with Crippen molar-refractivity contribution in [2.24, 2.45) is 0 Å². The number of anilines is 1. The lowest BCUT2D eigenvalue weighted by Gasteiger charge is -2.12. The highest BCUT2D eigenvalue weighted by Gasteiger charge is 2.06. The van der Waals surface area contributed by atoms with Gasteiger partial charge in [0, 0.05) is 10.7 Å². The van der Waals surface area contributed by atoms with E-state index in [9.17, 15) is 0 Å².